The number of fused-ring (bicyclic) bond motifs is 2. The van der Waals surface area contributed by atoms with Crippen LogP contribution in [-0.4, -0.2) is 33.9 Å². The Morgan fingerprint density at radius 1 is 1.03 bits per heavy atom. The van der Waals surface area contributed by atoms with Crippen LogP contribution < -0.4 is 0 Å². The first-order chi connectivity index (χ1) is 14.1. The Morgan fingerprint density at radius 2 is 1.77 bits per heavy atom. The Morgan fingerprint density at radius 3 is 2.47 bits per heavy atom. The quantitative estimate of drug-likeness (QED) is 0.452. The number of oxazole rings is 1. The first kappa shape index (κ1) is 20.5. The molecular formula is C19H13F3N2O4S2. The van der Waals surface area contributed by atoms with E-state index < -0.39 is 31.0 Å². The lowest BCUT2D eigenvalue weighted by Crippen LogP contribution is -2.16. The molecular weight excluding hydrogens is 441 g/mol. The van der Waals surface area contributed by atoms with E-state index in [1.54, 1.807) is 24.3 Å². The van der Waals surface area contributed by atoms with Gasteiger partial charge in [-0.05, 0) is 30.3 Å². The van der Waals surface area contributed by atoms with Gasteiger partial charge in [0.2, 0.25) is 5.89 Å². The predicted molar refractivity (Wildman–Crippen MR) is 105 cm³/mol. The van der Waals surface area contributed by atoms with Gasteiger partial charge < -0.3 is 4.42 Å². The molecule has 0 aliphatic heterocycles. The van der Waals surface area contributed by atoms with E-state index in [2.05, 4.69) is 9.97 Å². The number of benzene rings is 2. The van der Waals surface area contributed by atoms with Gasteiger partial charge in [-0.3, -0.25) is 0 Å². The molecule has 0 bridgehead atoms. The first-order valence-corrected chi connectivity index (χ1v) is 11.4. The summed E-state index contributed by atoms with van der Waals surface area (Å²) < 4.78 is 80.7. The molecule has 1 unspecified atom stereocenters. The van der Waals surface area contributed by atoms with Crippen LogP contribution >= 0.6 is 0 Å². The highest BCUT2D eigenvalue weighted by atomic mass is 32.2. The summed E-state index contributed by atoms with van der Waals surface area (Å²) in [5.41, 5.74) is -4.32. The smallest absolute Gasteiger partial charge is 0.435 e. The average molecular weight is 454 g/mol. The summed E-state index contributed by atoms with van der Waals surface area (Å²) in [6, 6.07) is 11.6. The van der Waals surface area contributed by atoms with Gasteiger partial charge in [0.25, 0.3) is 0 Å². The molecule has 0 radical (unpaired) electrons. The summed E-state index contributed by atoms with van der Waals surface area (Å²) in [4.78, 5) is 7.93. The molecule has 0 aliphatic carbocycles. The average Bonchev–Trinajstić information content (AvgIpc) is 3.14. The van der Waals surface area contributed by atoms with E-state index in [0.29, 0.717) is 10.9 Å². The summed E-state index contributed by atoms with van der Waals surface area (Å²) in [5.74, 6) is -0.340. The van der Waals surface area contributed by atoms with Crippen molar-refractivity contribution < 1.29 is 30.2 Å². The molecule has 0 spiro atoms. The molecule has 11 heteroatoms. The number of alkyl halides is 3. The summed E-state index contributed by atoms with van der Waals surface area (Å²) in [6.07, 6.45) is 0. The zero-order chi connectivity index (χ0) is 21.7. The van der Waals surface area contributed by atoms with E-state index in [0.717, 1.165) is 12.1 Å². The number of pyridine rings is 1. The van der Waals surface area contributed by atoms with Gasteiger partial charge in [-0.1, -0.05) is 25.1 Å². The van der Waals surface area contributed by atoms with Crippen LogP contribution in [0.15, 0.2) is 62.7 Å². The van der Waals surface area contributed by atoms with E-state index in [4.69, 9.17) is 4.42 Å². The summed E-state index contributed by atoms with van der Waals surface area (Å²) >= 11 is 0. The Balaban J connectivity index is 1.93. The number of halogens is 3. The van der Waals surface area contributed by atoms with Gasteiger partial charge in [-0.25, -0.2) is 22.6 Å². The van der Waals surface area contributed by atoms with Crippen LogP contribution in [0.3, 0.4) is 0 Å². The molecule has 2 aromatic heterocycles. The molecule has 0 fully saturated rings. The molecule has 2 aromatic carbocycles. The molecule has 156 valence electrons. The van der Waals surface area contributed by atoms with Crippen molar-refractivity contribution >= 4 is 42.6 Å². The zero-order valence-corrected chi connectivity index (χ0v) is 16.9. The summed E-state index contributed by atoms with van der Waals surface area (Å²) in [6.45, 7) is 1.49. The fourth-order valence-corrected chi connectivity index (χ4v) is 4.62. The van der Waals surface area contributed by atoms with E-state index in [-0.39, 0.29) is 33.3 Å². The van der Waals surface area contributed by atoms with Crippen molar-refractivity contribution in [2.24, 2.45) is 0 Å². The standard InChI is InChI=1S/C19H13F3N2O4S2/c1-2-30(26,27)16-9-11-5-3-4-6-13(11)23-17(16)18-24-14-10-12(7-8-15(14)28-18)29(25)19(20,21)22/h3-10H,2H2,1H3. The molecule has 4 aromatic rings. The number of sulfone groups is 1. The van der Waals surface area contributed by atoms with Crippen molar-refractivity contribution in [3.8, 4) is 11.6 Å². The first-order valence-electron chi connectivity index (χ1n) is 8.62. The van der Waals surface area contributed by atoms with Gasteiger partial charge in [0.05, 0.1) is 21.1 Å². The van der Waals surface area contributed by atoms with Gasteiger partial charge >= 0.3 is 5.51 Å². The molecule has 0 saturated carbocycles. The summed E-state index contributed by atoms with van der Waals surface area (Å²) in [5, 5.41) is 0.604. The summed E-state index contributed by atoms with van der Waals surface area (Å²) in [7, 11) is -6.93. The molecule has 6 nitrogen and oxygen atoms in total. The number of rotatable bonds is 4. The molecule has 1 atom stereocenters. The second kappa shape index (κ2) is 7.17. The predicted octanol–water partition coefficient (Wildman–Crippen LogP) is 4.46. The largest absolute Gasteiger partial charge is 0.475 e. The highest BCUT2D eigenvalue weighted by Gasteiger charge is 2.38. The van der Waals surface area contributed by atoms with Crippen molar-refractivity contribution in [1.29, 1.82) is 0 Å². The van der Waals surface area contributed by atoms with Gasteiger partial charge in [-0.2, -0.15) is 13.2 Å². The molecule has 0 amide bonds. The van der Waals surface area contributed by atoms with Gasteiger partial charge in [0.1, 0.15) is 11.2 Å². The van der Waals surface area contributed by atoms with Crippen LogP contribution in [0.5, 0.6) is 0 Å². The number of hydrogen-bond donors (Lipinski definition) is 0. The van der Waals surface area contributed by atoms with Gasteiger partial charge in [0, 0.05) is 5.39 Å². The second-order valence-electron chi connectivity index (χ2n) is 6.29. The molecule has 0 N–H and O–H groups in total. The molecule has 0 saturated heterocycles. The van der Waals surface area contributed by atoms with Crippen molar-refractivity contribution in [3.63, 3.8) is 0 Å². The van der Waals surface area contributed by atoms with Crippen molar-refractivity contribution in [2.75, 3.05) is 5.75 Å². The van der Waals surface area contributed by atoms with Crippen LogP contribution in [-0.2, 0) is 20.6 Å². The van der Waals surface area contributed by atoms with Gasteiger partial charge in [-0.15, -0.1) is 0 Å². The van der Waals surface area contributed by atoms with Crippen LogP contribution in [0.2, 0.25) is 0 Å². The minimum absolute atomic E-state index is 0.00917. The Labute approximate surface area is 171 Å². The van der Waals surface area contributed by atoms with Crippen LogP contribution in [0, 0.1) is 0 Å². The van der Waals surface area contributed by atoms with Crippen molar-refractivity contribution in [3.05, 3.63) is 48.5 Å². The number of para-hydroxylation sites is 1. The maximum atomic E-state index is 12.8. The lowest BCUT2D eigenvalue weighted by molar-refractivity contribution is -0.0384. The fraction of sp³-hybridized carbons (Fsp3) is 0.158. The Bertz CT molecular complexity index is 1410. The third-order valence-electron chi connectivity index (χ3n) is 4.39. The zero-order valence-electron chi connectivity index (χ0n) is 15.3. The van der Waals surface area contributed by atoms with Crippen LogP contribution in [0.25, 0.3) is 33.6 Å². The van der Waals surface area contributed by atoms with E-state index in [1.807, 2.05) is 0 Å². The lowest BCUT2D eigenvalue weighted by atomic mass is 10.2. The van der Waals surface area contributed by atoms with E-state index in [1.165, 1.54) is 19.1 Å². The SMILES string of the molecule is CCS(=O)(=O)c1cc2ccccc2nc1-c1nc2cc(S(=O)C(F)(F)F)ccc2o1. The van der Waals surface area contributed by atoms with Gasteiger partial charge in [0.15, 0.2) is 26.2 Å². The maximum absolute atomic E-state index is 12.8. The molecule has 2 heterocycles. The maximum Gasteiger partial charge on any atom is 0.475 e. The second-order valence-corrected chi connectivity index (χ2v) is 10.0. The minimum atomic E-state index is -4.91. The van der Waals surface area contributed by atoms with Crippen molar-refractivity contribution in [2.45, 2.75) is 22.2 Å². The third kappa shape index (κ3) is 3.58. The lowest BCUT2D eigenvalue weighted by Gasteiger charge is -2.08. The molecule has 0 aliphatic rings. The number of hydrogen-bond acceptors (Lipinski definition) is 6. The highest BCUT2D eigenvalue weighted by molar-refractivity contribution is 7.91. The number of nitrogens with zero attached hydrogens (tertiary/aromatic N) is 2. The fourth-order valence-electron chi connectivity index (χ4n) is 2.90. The molecule has 4 rings (SSSR count). The normalized spacial score (nSPS) is 13.7. The Hall–Kier alpha value is -2.79. The highest BCUT2D eigenvalue weighted by Crippen LogP contribution is 2.33. The van der Waals surface area contributed by atoms with Crippen LogP contribution in [0.4, 0.5) is 13.2 Å². The van der Waals surface area contributed by atoms with E-state index >= 15 is 0 Å². The third-order valence-corrected chi connectivity index (χ3v) is 7.23. The Kier molecular flexibility index (Phi) is 4.89. The van der Waals surface area contributed by atoms with Crippen LogP contribution in [0.1, 0.15) is 6.92 Å². The molecule has 30 heavy (non-hydrogen) atoms. The topological polar surface area (TPSA) is 90.1 Å². The minimum Gasteiger partial charge on any atom is -0.435 e. The van der Waals surface area contributed by atoms with E-state index in [9.17, 15) is 25.8 Å². The number of aromatic nitrogens is 2. The monoisotopic (exact) mass is 454 g/mol. The van der Waals surface area contributed by atoms with Crippen molar-refractivity contribution in [1.82, 2.24) is 9.97 Å².